The number of carbonyl (C=O) groups excluding carboxylic acids is 1. The molecule has 6 heteroatoms. The first kappa shape index (κ1) is 19.3. The zero-order valence-corrected chi connectivity index (χ0v) is 14.7. The quantitative estimate of drug-likeness (QED) is 0.166. The van der Waals surface area contributed by atoms with Crippen LogP contribution in [0.3, 0.4) is 0 Å². The van der Waals surface area contributed by atoms with Crippen molar-refractivity contribution in [2.75, 3.05) is 6.61 Å². The normalized spacial score (nSPS) is 13.1. The summed E-state index contributed by atoms with van der Waals surface area (Å²) in [4.78, 5) is 10.8. The maximum atomic E-state index is 10.8. The molecule has 112 valence electrons. The lowest BCUT2D eigenvalue weighted by molar-refractivity contribution is -0.137. The fourth-order valence-electron chi connectivity index (χ4n) is 1.90. The van der Waals surface area contributed by atoms with Crippen molar-refractivity contribution in [3.05, 3.63) is 12.7 Å². The van der Waals surface area contributed by atoms with Gasteiger partial charge in [-0.05, 0) is 18.4 Å². The van der Waals surface area contributed by atoms with Gasteiger partial charge in [0.2, 0.25) is 0 Å². The van der Waals surface area contributed by atoms with Crippen LogP contribution < -0.4 is 0 Å². The summed E-state index contributed by atoms with van der Waals surface area (Å²) in [5.41, 5.74) is 0. The van der Waals surface area contributed by atoms with E-state index >= 15 is 0 Å². The van der Waals surface area contributed by atoms with Crippen LogP contribution in [-0.2, 0) is 9.53 Å². The Labute approximate surface area is 131 Å². The van der Waals surface area contributed by atoms with Crippen LogP contribution in [0.1, 0.15) is 45.4 Å². The number of unbranched alkanes of at least 4 members (excludes halogenated alkanes) is 3. The van der Waals surface area contributed by atoms with Crippen LogP contribution in [0.4, 0.5) is 0 Å². The molecular weight excluding hydrogens is 323 g/mol. The lowest BCUT2D eigenvalue weighted by atomic mass is 10.0. The third-order valence-electron chi connectivity index (χ3n) is 3.02. The molecule has 0 bridgehead atoms. The summed E-state index contributed by atoms with van der Waals surface area (Å²) in [6, 6.07) is -1.73. The first-order valence-electron chi connectivity index (χ1n) is 6.75. The Morgan fingerprint density at radius 1 is 1.26 bits per heavy atom. The maximum Gasteiger partial charge on any atom is 0.341 e. The van der Waals surface area contributed by atoms with Crippen LogP contribution in [0.15, 0.2) is 12.7 Å². The van der Waals surface area contributed by atoms with E-state index in [4.69, 9.17) is 38.0 Å². The zero-order chi connectivity index (χ0) is 14.7. The predicted octanol–water partition coefficient (Wildman–Crippen LogP) is 5.35. The lowest BCUT2D eigenvalue weighted by Gasteiger charge is -2.17. The number of halogens is 3. The van der Waals surface area contributed by atoms with Crippen LogP contribution >= 0.6 is 33.2 Å². The molecule has 0 amide bonds. The van der Waals surface area contributed by atoms with Crippen LogP contribution in [0.5, 0.6) is 0 Å². The van der Waals surface area contributed by atoms with Crippen molar-refractivity contribution in [3.8, 4) is 0 Å². The van der Waals surface area contributed by atoms with Crippen LogP contribution in [0.2, 0.25) is 6.04 Å². The van der Waals surface area contributed by atoms with Gasteiger partial charge in [0.1, 0.15) is 0 Å². The molecule has 0 aliphatic heterocycles. The van der Waals surface area contributed by atoms with E-state index < -0.39 is 6.00 Å². The van der Waals surface area contributed by atoms with Crippen LogP contribution in [0.25, 0.3) is 0 Å². The highest BCUT2D eigenvalue weighted by Crippen LogP contribution is 2.32. The van der Waals surface area contributed by atoms with Crippen molar-refractivity contribution in [2.45, 2.75) is 51.5 Å². The molecule has 0 heterocycles. The second-order valence-electron chi connectivity index (χ2n) is 4.67. The number of rotatable bonds is 11. The largest absolute Gasteiger partial charge is 0.463 e. The van der Waals surface area contributed by atoms with Crippen molar-refractivity contribution in [3.63, 3.8) is 0 Å². The molecule has 0 aromatic carbocycles. The van der Waals surface area contributed by atoms with Crippen LogP contribution in [0, 0.1) is 5.92 Å². The van der Waals surface area contributed by atoms with Gasteiger partial charge in [-0.3, -0.25) is 0 Å². The second kappa shape index (κ2) is 11.0. The first-order chi connectivity index (χ1) is 8.89. The summed E-state index contributed by atoms with van der Waals surface area (Å²) in [5, 5.41) is 0. The SMILES string of the molecule is C=CC(=O)OCCCCCCC(CC)C[Si](Cl)(Cl)Cl. The van der Waals surface area contributed by atoms with Gasteiger partial charge in [-0.2, -0.15) is 0 Å². The first-order valence-corrected chi connectivity index (χ1v) is 12.0. The maximum absolute atomic E-state index is 10.8. The fraction of sp³-hybridized carbons (Fsp3) is 0.769. The van der Waals surface area contributed by atoms with Gasteiger partial charge in [0.15, 0.2) is 0 Å². The van der Waals surface area contributed by atoms with E-state index in [0.29, 0.717) is 12.5 Å². The molecule has 0 N–H and O–H groups in total. The number of hydrogen-bond donors (Lipinski definition) is 0. The highest BCUT2D eigenvalue weighted by atomic mass is 35.8. The van der Waals surface area contributed by atoms with Crippen molar-refractivity contribution in [1.82, 2.24) is 0 Å². The molecule has 0 aromatic heterocycles. The van der Waals surface area contributed by atoms with Crippen molar-refractivity contribution in [1.29, 1.82) is 0 Å². The molecule has 0 saturated heterocycles. The lowest BCUT2D eigenvalue weighted by Crippen LogP contribution is -2.15. The van der Waals surface area contributed by atoms with E-state index in [1.807, 2.05) is 0 Å². The Morgan fingerprint density at radius 3 is 2.42 bits per heavy atom. The van der Waals surface area contributed by atoms with E-state index in [2.05, 4.69) is 13.5 Å². The number of hydrogen-bond acceptors (Lipinski definition) is 2. The molecule has 0 aliphatic carbocycles. The van der Waals surface area contributed by atoms with E-state index in [0.717, 1.165) is 44.6 Å². The van der Waals surface area contributed by atoms with Gasteiger partial charge in [-0.15, -0.1) is 33.2 Å². The molecule has 0 aromatic rings. The minimum atomic E-state index is -2.49. The van der Waals surface area contributed by atoms with Gasteiger partial charge in [-0.25, -0.2) is 4.79 Å². The summed E-state index contributed by atoms with van der Waals surface area (Å²) < 4.78 is 4.90. The number of ether oxygens (including phenoxy) is 1. The van der Waals surface area contributed by atoms with E-state index in [1.54, 1.807) is 0 Å². The highest BCUT2D eigenvalue weighted by molar-refractivity contribution is 7.64. The summed E-state index contributed by atoms with van der Waals surface area (Å²) in [6.45, 7) is 5.96. The van der Waals surface area contributed by atoms with Crippen LogP contribution in [-0.4, -0.2) is 18.6 Å². The summed E-state index contributed by atoms with van der Waals surface area (Å²) in [6.07, 6.45) is 7.60. The van der Waals surface area contributed by atoms with Gasteiger partial charge in [0.05, 0.1) is 6.61 Å². The van der Waals surface area contributed by atoms with Gasteiger partial charge in [0.25, 0.3) is 0 Å². The highest BCUT2D eigenvalue weighted by Gasteiger charge is 2.28. The third-order valence-corrected chi connectivity index (χ3v) is 5.44. The number of carbonyl (C=O) groups is 1. The molecular formula is C13H23Cl3O2Si. The van der Waals surface area contributed by atoms with E-state index in [9.17, 15) is 4.79 Å². The molecule has 0 saturated carbocycles. The molecule has 19 heavy (non-hydrogen) atoms. The average Bonchev–Trinajstić information content (AvgIpc) is 2.34. The van der Waals surface area contributed by atoms with E-state index in [1.165, 1.54) is 6.08 Å². The smallest absolute Gasteiger partial charge is 0.341 e. The minimum absolute atomic E-state index is 0.348. The van der Waals surface area contributed by atoms with Gasteiger partial charge in [-0.1, -0.05) is 45.6 Å². The minimum Gasteiger partial charge on any atom is -0.463 e. The van der Waals surface area contributed by atoms with E-state index in [-0.39, 0.29) is 5.97 Å². The predicted molar refractivity (Wildman–Crippen MR) is 86.1 cm³/mol. The average molecular weight is 346 g/mol. The van der Waals surface area contributed by atoms with Crippen molar-refractivity contribution < 1.29 is 9.53 Å². The standard InChI is InChI=1S/C13H23Cl3O2Si/c1-3-12(11-19(14,15)16)9-7-5-6-8-10-18-13(17)4-2/h4,12H,2-3,5-11H2,1H3. The van der Waals surface area contributed by atoms with Gasteiger partial charge < -0.3 is 4.74 Å². The molecule has 1 unspecified atom stereocenters. The molecule has 0 aliphatic rings. The van der Waals surface area contributed by atoms with Crippen molar-refractivity contribution >= 4 is 45.2 Å². The summed E-state index contributed by atoms with van der Waals surface area (Å²) in [5.74, 6) is 0.177. The molecule has 2 nitrogen and oxygen atoms in total. The van der Waals surface area contributed by atoms with Gasteiger partial charge in [0, 0.05) is 6.08 Å². The summed E-state index contributed by atoms with van der Waals surface area (Å²) in [7, 11) is 0. The Morgan fingerprint density at radius 2 is 1.89 bits per heavy atom. The molecule has 0 rings (SSSR count). The molecule has 0 spiro atoms. The topological polar surface area (TPSA) is 26.3 Å². The fourth-order valence-corrected chi connectivity index (χ4v) is 5.01. The number of esters is 1. The second-order valence-corrected chi connectivity index (χ2v) is 13.9. The zero-order valence-electron chi connectivity index (χ0n) is 11.5. The Kier molecular flexibility index (Phi) is 11.2. The monoisotopic (exact) mass is 344 g/mol. The van der Waals surface area contributed by atoms with Crippen molar-refractivity contribution in [2.24, 2.45) is 5.92 Å². The van der Waals surface area contributed by atoms with Gasteiger partial charge >= 0.3 is 12.0 Å². The Bertz CT molecular complexity index is 267. The third kappa shape index (κ3) is 13.1. The Balaban J connectivity index is 3.51. The molecule has 0 radical (unpaired) electrons. The molecule has 0 fully saturated rings. The summed E-state index contributed by atoms with van der Waals surface area (Å²) >= 11 is 17.8. The Hall–Kier alpha value is 0.297. The molecule has 1 atom stereocenters.